The second-order valence-electron chi connectivity index (χ2n) is 4.40. The Morgan fingerprint density at radius 3 is 2.40 bits per heavy atom. The van der Waals surface area contributed by atoms with Crippen molar-refractivity contribution in [3.05, 3.63) is 27.8 Å². The van der Waals surface area contributed by atoms with Gasteiger partial charge in [0.1, 0.15) is 0 Å². The van der Waals surface area contributed by atoms with Crippen molar-refractivity contribution in [2.24, 2.45) is 5.73 Å². The van der Waals surface area contributed by atoms with E-state index in [1.807, 2.05) is 0 Å². The van der Waals surface area contributed by atoms with Gasteiger partial charge in [-0.1, -0.05) is 0 Å². The molecule has 0 atom stereocenters. The molecule has 0 spiro atoms. The normalized spacial score (nSPS) is 15.8. The van der Waals surface area contributed by atoms with Crippen LogP contribution in [0.25, 0.3) is 0 Å². The van der Waals surface area contributed by atoms with Crippen molar-refractivity contribution >= 4 is 11.7 Å². The number of hydrogen-bond acceptors (Lipinski definition) is 1. The standard InChI is InChI=1S/C12H14N2O/c1-6-7-2-5-10-9(7)4-3-8(6)11(10)14-12(13)15/h2-5H2,1H3,(H3,13,14,15). The first-order valence-corrected chi connectivity index (χ1v) is 5.41. The van der Waals surface area contributed by atoms with Crippen LogP contribution >= 0.6 is 0 Å². The zero-order valence-electron chi connectivity index (χ0n) is 8.81. The van der Waals surface area contributed by atoms with Gasteiger partial charge in [-0.3, -0.25) is 0 Å². The highest BCUT2D eigenvalue weighted by Gasteiger charge is 2.30. The quantitative estimate of drug-likeness (QED) is 0.715. The zero-order chi connectivity index (χ0) is 10.6. The molecule has 3 nitrogen and oxygen atoms in total. The third-order valence-corrected chi connectivity index (χ3v) is 3.74. The van der Waals surface area contributed by atoms with E-state index in [9.17, 15) is 4.79 Å². The van der Waals surface area contributed by atoms with E-state index >= 15 is 0 Å². The number of fused-ring (bicyclic) bond motifs is 1. The molecular formula is C12H14N2O. The molecule has 4 rings (SSSR count). The van der Waals surface area contributed by atoms with Crippen LogP contribution in [-0.4, -0.2) is 6.03 Å². The molecule has 4 bridgehead atoms. The smallest absolute Gasteiger partial charge is 0.316 e. The third kappa shape index (κ3) is 1.03. The third-order valence-electron chi connectivity index (χ3n) is 3.74. The molecule has 15 heavy (non-hydrogen) atoms. The fourth-order valence-corrected chi connectivity index (χ4v) is 3.11. The second-order valence-corrected chi connectivity index (χ2v) is 4.40. The van der Waals surface area contributed by atoms with E-state index in [0.717, 1.165) is 31.4 Å². The van der Waals surface area contributed by atoms with Gasteiger partial charge >= 0.3 is 6.03 Å². The van der Waals surface area contributed by atoms with Crippen LogP contribution in [0.1, 0.15) is 27.8 Å². The summed E-state index contributed by atoms with van der Waals surface area (Å²) in [6.07, 6.45) is 4.43. The Balaban J connectivity index is 2.23. The number of carbonyl (C=O) groups excluding carboxylic acids is 1. The number of nitrogens with one attached hydrogen (secondary N) is 1. The molecule has 0 saturated carbocycles. The molecule has 0 aliphatic heterocycles. The molecule has 3 aliphatic rings. The van der Waals surface area contributed by atoms with Crippen LogP contribution < -0.4 is 11.1 Å². The van der Waals surface area contributed by atoms with Crippen LogP contribution in [0.3, 0.4) is 0 Å². The highest BCUT2D eigenvalue weighted by Crippen LogP contribution is 2.43. The molecule has 3 aliphatic carbocycles. The van der Waals surface area contributed by atoms with Gasteiger partial charge in [0.05, 0.1) is 0 Å². The van der Waals surface area contributed by atoms with Crippen LogP contribution in [0.4, 0.5) is 10.5 Å². The Labute approximate surface area is 88.7 Å². The van der Waals surface area contributed by atoms with Gasteiger partial charge in [-0.05, 0) is 60.4 Å². The number of urea groups is 1. The van der Waals surface area contributed by atoms with Gasteiger partial charge in [0.25, 0.3) is 0 Å². The largest absolute Gasteiger partial charge is 0.351 e. The zero-order valence-corrected chi connectivity index (χ0v) is 8.81. The van der Waals surface area contributed by atoms with Crippen LogP contribution in [0.5, 0.6) is 0 Å². The molecule has 0 saturated heterocycles. The molecule has 0 radical (unpaired) electrons. The van der Waals surface area contributed by atoms with Crippen molar-refractivity contribution in [2.45, 2.75) is 32.6 Å². The lowest BCUT2D eigenvalue weighted by atomic mass is 9.84. The van der Waals surface area contributed by atoms with Gasteiger partial charge in [-0.25, -0.2) is 4.79 Å². The summed E-state index contributed by atoms with van der Waals surface area (Å²) in [7, 11) is 0. The minimum atomic E-state index is -0.445. The highest BCUT2D eigenvalue weighted by atomic mass is 16.2. The topological polar surface area (TPSA) is 55.1 Å². The first-order valence-electron chi connectivity index (χ1n) is 5.41. The maximum Gasteiger partial charge on any atom is 0.316 e. The number of nitrogens with two attached hydrogens (primary N) is 1. The number of benzene rings is 1. The summed E-state index contributed by atoms with van der Waals surface area (Å²) in [5.74, 6) is 0. The summed E-state index contributed by atoms with van der Waals surface area (Å²) in [5.41, 5.74) is 13.3. The van der Waals surface area contributed by atoms with Gasteiger partial charge in [-0.2, -0.15) is 0 Å². The lowest BCUT2D eigenvalue weighted by Crippen LogP contribution is -2.23. The second kappa shape index (κ2) is 2.75. The molecular weight excluding hydrogens is 188 g/mol. The van der Waals surface area contributed by atoms with Gasteiger partial charge in [-0.15, -0.1) is 0 Å². The summed E-state index contributed by atoms with van der Waals surface area (Å²) in [5, 5.41) is 2.80. The van der Waals surface area contributed by atoms with Crippen molar-refractivity contribution in [1.82, 2.24) is 0 Å². The number of hydrogen-bond donors (Lipinski definition) is 2. The van der Waals surface area contributed by atoms with E-state index in [0.29, 0.717) is 0 Å². The Bertz CT molecular complexity index is 477. The molecule has 3 N–H and O–H groups in total. The number of carbonyl (C=O) groups is 1. The van der Waals surface area contributed by atoms with Crippen molar-refractivity contribution in [1.29, 1.82) is 0 Å². The number of anilines is 1. The molecule has 0 unspecified atom stereocenters. The SMILES string of the molecule is Cc1c2c3c(c(NC(N)=O)c1CC3)CC2. The van der Waals surface area contributed by atoms with E-state index in [1.165, 1.54) is 27.8 Å². The molecule has 0 fully saturated rings. The maximum absolute atomic E-state index is 11.0. The predicted octanol–water partition coefficient (Wildman–Crippen LogP) is 1.68. The molecule has 0 heterocycles. The van der Waals surface area contributed by atoms with Crippen molar-refractivity contribution in [3.63, 3.8) is 0 Å². The minimum absolute atomic E-state index is 0.445. The number of amides is 2. The Kier molecular flexibility index (Phi) is 1.61. The van der Waals surface area contributed by atoms with E-state index < -0.39 is 6.03 Å². The summed E-state index contributed by atoms with van der Waals surface area (Å²) in [6.45, 7) is 2.16. The molecule has 1 aromatic rings. The summed E-state index contributed by atoms with van der Waals surface area (Å²) in [6, 6.07) is -0.445. The number of rotatable bonds is 1. The maximum atomic E-state index is 11.0. The van der Waals surface area contributed by atoms with E-state index in [1.54, 1.807) is 0 Å². The average molecular weight is 202 g/mol. The molecule has 2 amide bonds. The van der Waals surface area contributed by atoms with Gasteiger partial charge in [0.2, 0.25) is 0 Å². The monoisotopic (exact) mass is 202 g/mol. The summed E-state index contributed by atoms with van der Waals surface area (Å²) >= 11 is 0. The number of primary amides is 1. The summed E-state index contributed by atoms with van der Waals surface area (Å²) in [4.78, 5) is 11.0. The van der Waals surface area contributed by atoms with Crippen molar-refractivity contribution < 1.29 is 4.79 Å². The first kappa shape index (κ1) is 8.77. The van der Waals surface area contributed by atoms with Gasteiger partial charge in [0, 0.05) is 5.69 Å². The van der Waals surface area contributed by atoms with Crippen LogP contribution in [0, 0.1) is 6.92 Å². The van der Waals surface area contributed by atoms with E-state index in [-0.39, 0.29) is 0 Å². The lowest BCUT2D eigenvalue weighted by molar-refractivity contribution is 0.259. The van der Waals surface area contributed by atoms with Gasteiger partial charge < -0.3 is 11.1 Å². The average Bonchev–Trinajstić information content (AvgIpc) is 2.56. The molecule has 0 aromatic heterocycles. The van der Waals surface area contributed by atoms with Crippen molar-refractivity contribution in [2.75, 3.05) is 5.32 Å². The fraction of sp³-hybridized carbons (Fsp3) is 0.417. The van der Waals surface area contributed by atoms with Crippen molar-refractivity contribution in [3.8, 4) is 0 Å². The first-order chi connectivity index (χ1) is 7.18. The Morgan fingerprint density at radius 2 is 1.67 bits per heavy atom. The van der Waals surface area contributed by atoms with E-state index in [2.05, 4.69) is 12.2 Å². The molecule has 78 valence electrons. The highest BCUT2D eigenvalue weighted by molar-refractivity contribution is 5.91. The lowest BCUT2D eigenvalue weighted by Gasteiger charge is -2.24. The molecule has 3 heteroatoms. The molecule has 1 aromatic carbocycles. The van der Waals surface area contributed by atoms with Crippen LogP contribution in [0.15, 0.2) is 0 Å². The fourth-order valence-electron chi connectivity index (χ4n) is 3.11. The Hall–Kier alpha value is -1.51. The van der Waals surface area contributed by atoms with Gasteiger partial charge in [0.15, 0.2) is 0 Å². The summed E-state index contributed by atoms with van der Waals surface area (Å²) < 4.78 is 0. The van der Waals surface area contributed by atoms with Crippen LogP contribution in [-0.2, 0) is 25.7 Å². The predicted molar refractivity (Wildman–Crippen MR) is 59.2 cm³/mol. The Morgan fingerprint density at radius 1 is 1.07 bits per heavy atom. The minimum Gasteiger partial charge on any atom is -0.351 e. The van der Waals surface area contributed by atoms with E-state index in [4.69, 9.17) is 5.73 Å². The van der Waals surface area contributed by atoms with Crippen LogP contribution in [0.2, 0.25) is 0 Å².